The molecule has 198 valence electrons. The maximum absolute atomic E-state index is 14.1. The van der Waals surface area contributed by atoms with E-state index in [1.165, 1.54) is 35.1 Å². The summed E-state index contributed by atoms with van der Waals surface area (Å²) in [6.45, 7) is 6.72. The zero-order chi connectivity index (χ0) is 26.7. The number of halogens is 3. The van der Waals surface area contributed by atoms with Gasteiger partial charge in [-0.15, -0.1) is 5.10 Å². The summed E-state index contributed by atoms with van der Waals surface area (Å²) in [5.74, 6) is -3.91. The summed E-state index contributed by atoms with van der Waals surface area (Å²) < 4.78 is 43.8. The highest BCUT2D eigenvalue weighted by Crippen LogP contribution is 2.37. The van der Waals surface area contributed by atoms with Crippen LogP contribution in [0.5, 0.6) is 0 Å². The van der Waals surface area contributed by atoms with Gasteiger partial charge in [0, 0.05) is 68.3 Å². The van der Waals surface area contributed by atoms with Gasteiger partial charge in [0.1, 0.15) is 5.82 Å². The Morgan fingerprint density at radius 3 is 2.59 bits per heavy atom. The number of hydrogen-bond donors (Lipinski definition) is 2. The normalized spacial score (nSPS) is 18.1. The molecule has 0 spiro atoms. The van der Waals surface area contributed by atoms with Crippen molar-refractivity contribution in [1.82, 2.24) is 24.2 Å². The number of hydrogen-bond acceptors (Lipinski definition) is 7. The molecule has 0 aliphatic carbocycles. The third kappa shape index (κ3) is 6.71. The van der Waals surface area contributed by atoms with Gasteiger partial charge in [-0.3, -0.25) is 4.90 Å². The van der Waals surface area contributed by atoms with Crippen molar-refractivity contribution in [2.45, 2.75) is 37.8 Å². The van der Waals surface area contributed by atoms with Crippen LogP contribution in [0.15, 0.2) is 47.6 Å². The summed E-state index contributed by atoms with van der Waals surface area (Å²) in [7, 11) is 1.76. The largest absolute Gasteiger partial charge is 0.355 e. The topological polar surface area (TPSA) is 73.1 Å². The minimum atomic E-state index is -2.78. The van der Waals surface area contributed by atoms with Gasteiger partial charge in [0.2, 0.25) is 5.92 Å². The highest BCUT2D eigenvalue weighted by molar-refractivity contribution is 7.97. The zero-order valence-electron chi connectivity index (χ0n) is 21.4. The van der Waals surface area contributed by atoms with E-state index in [9.17, 15) is 13.2 Å². The van der Waals surface area contributed by atoms with Crippen molar-refractivity contribution >= 4 is 29.5 Å². The van der Waals surface area contributed by atoms with Gasteiger partial charge in [0.15, 0.2) is 5.03 Å². The molecule has 1 saturated heterocycles. The third-order valence-corrected chi connectivity index (χ3v) is 7.67. The van der Waals surface area contributed by atoms with E-state index >= 15 is 0 Å². The van der Waals surface area contributed by atoms with Gasteiger partial charge in [-0.1, -0.05) is 6.92 Å². The maximum Gasteiger partial charge on any atom is 0.249 e. The fourth-order valence-electron chi connectivity index (χ4n) is 4.42. The first kappa shape index (κ1) is 27.2. The second kappa shape index (κ2) is 11.2. The molecule has 2 N–H and O–H groups in total. The van der Waals surface area contributed by atoms with Crippen molar-refractivity contribution in [3.05, 3.63) is 65.1 Å². The SMILES string of the molecule is Cc1cc(Nc2ccc(F)cc2)c(C=N)cc1C1CN(Sc2cnn(C)n2)CCN1CC(C)C(C)(F)F. The predicted octanol–water partition coefficient (Wildman–Crippen LogP) is 5.66. The molecule has 0 radical (unpaired) electrons. The molecule has 7 nitrogen and oxygen atoms in total. The lowest BCUT2D eigenvalue weighted by Gasteiger charge is -2.43. The molecule has 37 heavy (non-hydrogen) atoms. The minimum absolute atomic E-state index is 0.152. The quantitative estimate of drug-likeness (QED) is 0.274. The Kier molecular flexibility index (Phi) is 8.25. The Morgan fingerprint density at radius 1 is 1.24 bits per heavy atom. The van der Waals surface area contributed by atoms with Crippen LogP contribution in [-0.2, 0) is 7.05 Å². The molecule has 1 fully saturated rings. The summed E-state index contributed by atoms with van der Waals surface area (Å²) >= 11 is 1.51. The number of alkyl halides is 2. The molecule has 0 amide bonds. The number of rotatable bonds is 9. The van der Waals surface area contributed by atoms with E-state index in [4.69, 9.17) is 5.41 Å². The molecule has 2 atom stereocenters. The summed E-state index contributed by atoms with van der Waals surface area (Å²) in [5, 5.41) is 20.6. The van der Waals surface area contributed by atoms with E-state index in [1.807, 2.05) is 19.1 Å². The number of nitrogens with zero attached hydrogens (tertiary/aromatic N) is 5. The lowest BCUT2D eigenvalue weighted by molar-refractivity contribution is -0.0524. The first-order chi connectivity index (χ1) is 17.5. The van der Waals surface area contributed by atoms with E-state index in [2.05, 4.69) is 24.7 Å². The molecule has 1 aromatic heterocycles. The monoisotopic (exact) mass is 531 g/mol. The van der Waals surface area contributed by atoms with E-state index < -0.39 is 11.8 Å². The van der Waals surface area contributed by atoms with E-state index in [1.54, 1.807) is 32.3 Å². The van der Waals surface area contributed by atoms with Gasteiger partial charge in [0.25, 0.3) is 0 Å². The highest BCUT2D eigenvalue weighted by atomic mass is 32.2. The molecule has 2 heterocycles. The van der Waals surface area contributed by atoms with Gasteiger partial charge in [-0.25, -0.2) is 17.5 Å². The van der Waals surface area contributed by atoms with Gasteiger partial charge >= 0.3 is 0 Å². The Labute approximate surface area is 219 Å². The van der Waals surface area contributed by atoms with Crippen LogP contribution in [0.4, 0.5) is 24.5 Å². The fraction of sp³-hybridized carbons (Fsp3) is 0.423. The third-order valence-electron chi connectivity index (χ3n) is 6.70. The summed E-state index contributed by atoms with van der Waals surface area (Å²) in [6.07, 6.45) is 2.98. The smallest absolute Gasteiger partial charge is 0.249 e. The molecule has 4 rings (SSSR count). The van der Waals surface area contributed by atoms with Crippen molar-refractivity contribution in [3.63, 3.8) is 0 Å². The Hall–Kier alpha value is -2.89. The lowest BCUT2D eigenvalue weighted by Crippen LogP contribution is -2.49. The standard InChI is InChI=1S/C26H32F3N7S/c1-17-11-23(32-21-7-5-20(27)6-8-21)19(13-30)12-22(17)24-16-36(37-25-14-31-34(4)33-25)10-9-35(24)15-18(2)26(3,28)29/h5-8,11-14,18,24,30,32H,9-10,15-16H2,1-4H3. The van der Waals surface area contributed by atoms with Crippen LogP contribution in [-0.4, -0.2) is 62.5 Å². The number of aromatic nitrogens is 3. The lowest BCUT2D eigenvalue weighted by atomic mass is 9.93. The van der Waals surface area contributed by atoms with E-state index in [-0.39, 0.29) is 18.4 Å². The van der Waals surface area contributed by atoms with Gasteiger partial charge in [-0.05, 0) is 73.3 Å². The first-order valence-corrected chi connectivity index (χ1v) is 12.9. The number of piperazine rings is 1. The zero-order valence-corrected chi connectivity index (χ0v) is 22.2. The van der Waals surface area contributed by atoms with Gasteiger partial charge in [-0.2, -0.15) is 9.90 Å². The molecule has 3 aromatic rings. The second-order valence-electron chi connectivity index (χ2n) is 9.59. The van der Waals surface area contributed by atoms with Crippen LogP contribution in [0.2, 0.25) is 0 Å². The second-order valence-corrected chi connectivity index (χ2v) is 10.7. The summed E-state index contributed by atoms with van der Waals surface area (Å²) in [5.41, 5.74) is 4.06. The first-order valence-electron chi connectivity index (χ1n) is 12.1. The highest BCUT2D eigenvalue weighted by Gasteiger charge is 2.36. The molecular weight excluding hydrogens is 499 g/mol. The van der Waals surface area contributed by atoms with Crippen LogP contribution in [0.1, 0.15) is 36.6 Å². The molecule has 0 bridgehead atoms. The number of nitrogens with one attached hydrogen (secondary N) is 2. The average Bonchev–Trinajstić information content (AvgIpc) is 3.25. The number of anilines is 2. The van der Waals surface area contributed by atoms with Crippen LogP contribution in [0.25, 0.3) is 0 Å². The molecular formula is C26H32F3N7S. The van der Waals surface area contributed by atoms with Crippen LogP contribution in [0.3, 0.4) is 0 Å². The van der Waals surface area contributed by atoms with E-state index in [0.717, 1.165) is 28.8 Å². The molecule has 2 unspecified atom stereocenters. The maximum atomic E-state index is 14.1. The van der Waals surface area contributed by atoms with Crippen molar-refractivity contribution in [1.29, 1.82) is 5.41 Å². The molecule has 11 heteroatoms. The molecule has 1 aliphatic heterocycles. The van der Waals surface area contributed by atoms with Crippen molar-refractivity contribution in [2.24, 2.45) is 13.0 Å². The van der Waals surface area contributed by atoms with Crippen LogP contribution < -0.4 is 5.32 Å². The Balaban J connectivity index is 1.64. The summed E-state index contributed by atoms with van der Waals surface area (Å²) in [4.78, 5) is 3.63. The Morgan fingerprint density at radius 2 is 1.97 bits per heavy atom. The van der Waals surface area contributed by atoms with Crippen molar-refractivity contribution in [2.75, 3.05) is 31.5 Å². The molecule has 2 aromatic carbocycles. The van der Waals surface area contributed by atoms with Crippen LogP contribution >= 0.6 is 11.9 Å². The van der Waals surface area contributed by atoms with Gasteiger partial charge in [0.05, 0.1) is 6.20 Å². The predicted molar refractivity (Wildman–Crippen MR) is 141 cm³/mol. The van der Waals surface area contributed by atoms with Crippen molar-refractivity contribution < 1.29 is 13.2 Å². The Bertz CT molecular complexity index is 1230. The van der Waals surface area contributed by atoms with Crippen LogP contribution in [0, 0.1) is 24.1 Å². The summed E-state index contributed by atoms with van der Waals surface area (Å²) in [6, 6.07) is 9.80. The van der Waals surface area contributed by atoms with E-state index in [0.29, 0.717) is 30.9 Å². The average molecular weight is 532 g/mol. The minimum Gasteiger partial charge on any atom is -0.355 e. The fourth-order valence-corrected chi connectivity index (χ4v) is 5.33. The number of aryl methyl sites for hydroxylation is 2. The van der Waals surface area contributed by atoms with Gasteiger partial charge < -0.3 is 10.7 Å². The molecule has 0 saturated carbocycles. The molecule has 1 aliphatic rings. The van der Waals surface area contributed by atoms with Crippen molar-refractivity contribution in [3.8, 4) is 0 Å². The number of benzene rings is 2.